The highest BCUT2D eigenvalue weighted by Gasteiger charge is 2.20. The molecule has 1 unspecified atom stereocenters. The molecule has 1 aromatic carbocycles. The van der Waals surface area contributed by atoms with Crippen LogP contribution in [0.1, 0.15) is 28.5 Å². The highest BCUT2D eigenvalue weighted by molar-refractivity contribution is 7.99. The van der Waals surface area contributed by atoms with Crippen LogP contribution < -0.4 is 5.32 Å². The Kier molecular flexibility index (Phi) is 5.11. The van der Waals surface area contributed by atoms with Crippen LogP contribution in [0.2, 0.25) is 0 Å². The predicted octanol–water partition coefficient (Wildman–Crippen LogP) is 3.16. The van der Waals surface area contributed by atoms with E-state index in [2.05, 4.69) is 34.6 Å². The number of thioether (sulfide) groups is 1. The maximum atomic E-state index is 12.0. The van der Waals surface area contributed by atoms with Gasteiger partial charge in [-0.15, -0.1) is 0 Å². The third kappa shape index (κ3) is 3.89. The van der Waals surface area contributed by atoms with Gasteiger partial charge in [-0.1, -0.05) is 30.3 Å². The third-order valence-corrected chi connectivity index (χ3v) is 5.17. The van der Waals surface area contributed by atoms with Crippen LogP contribution in [0, 0.1) is 0 Å². The summed E-state index contributed by atoms with van der Waals surface area (Å²) >= 11 is 1.94. The van der Waals surface area contributed by atoms with Gasteiger partial charge in [0, 0.05) is 30.1 Å². The fraction of sp³-hybridized carbons (Fsp3) is 0.333. The van der Waals surface area contributed by atoms with Crippen molar-refractivity contribution in [1.82, 2.24) is 10.3 Å². The van der Waals surface area contributed by atoms with Crippen LogP contribution in [0.4, 0.5) is 0 Å². The van der Waals surface area contributed by atoms with Crippen molar-refractivity contribution in [3.8, 4) is 0 Å². The molecule has 1 aliphatic heterocycles. The van der Waals surface area contributed by atoms with Gasteiger partial charge in [0.1, 0.15) is 0 Å². The number of aromatic nitrogens is 1. The number of benzene rings is 1. The number of hydrogen-bond acceptors (Lipinski definition) is 3. The molecule has 2 aromatic rings. The predicted molar refractivity (Wildman–Crippen MR) is 90.9 cm³/mol. The average molecular weight is 312 g/mol. The maximum absolute atomic E-state index is 12.0. The summed E-state index contributed by atoms with van der Waals surface area (Å²) in [5.41, 5.74) is 3.77. The Morgan fingerprint density at radius 1 is 1.23 bits per heavy atom. The van der Waals surface area contributed by atoms with E-state index in [1.54, 1.807) is 6.20 Å². The molecule has 0 aliphatic carbocycles. The van der Waals surface area contributed by atoms with Crippen molar-refractivity contribution in [3.05, 3.63) is 65.5 Å². The first-order valence-corrected chi connectivity index (χ1v) is 8.74. The number of carbonyl (C=O) groups is 1. The Labute approximate surface area is 135 Å². The van der Waals surface area contributed by atoms with Crippen LogP contribution in [0.5, 0.6) is 0 Å². The molecule has 1 N–H and O–H groups in total. The number of aryl methyl sites for hydroxylation is 2. The molecule has 3 rings (SSSR count). The summed E-state index contributed by atoms with van der Waals surface area (Å²) in [6, 6.07) is 14.4. The molecule has 3 nitrogen and oxygen atoms in total. The zero-order valence-corrected chi connectivity index (χ0v) is 13.3. The van der Waals surface area contributed by atoms with Crippen molar-refractivity contribution >= 4 is 17.7 Å². The van der Waals surface area contributed by atoms with E-state index in [9.17, 15) is 4.79 Å². The Morgan fingerprint density at radius 3 is 2.95 bits per heavy atom. The lowest BCUT2D eigenvalue weighted by Gasteiger charge is -2.25. The topological polar surface area (TPSA) is 42.0 Å². The fourth-order valence-corrected chi connectivity index (χ4v) is 3.96. The zero-order valence-electron chi connectivity index (χ0n) is 12.5. The summed E-state index contributed by atoms with van der Waals surface area (Å²) in [5, 5.41) is 3.45. The van der Waals surface area contributed by atoms with Crippen molar-refractivity contribution in [3.63, 3.8) is 0 Å². The number of carbonyl (C=O) groups excluding carboxylic acids is 1. The number of nitrogens with one attached hydrogen (secondary N) is 1. The van der Waals surface area contributed by atoms with Gasteiger partial charge in [0.05, 0.1) is 0 Å². The molecule has 1 amide bonds. The third-order valence-electron chi connectivity index (χ3n) is 3.91. The lowest BCUT2D eigenvalue weighted by molar-refractivity contribution is -0.121. The fourth-order valence-electron chi connectivity index (χ4n) is 2.73. The lowest BCUT2D eigenvalue weighted by Crippen LogP contribution is -2.29. The second-order valence-electron chi connectivity index (χ2n) is 5.43. The molecule has 0 saturated heterocycles. The number of pyridine rings is 1. The van der Waals surface area contributed by atoms with Crippen LogP contribution in [0.3, 0.4) is 0 Å². The standard InChI is InChI=1S/C18H20N2OS/c21-18(9-8-15-6-3-4-11-19-15)20-13-17-16-7-2-1-5-14(16)10-12-22-17/h1-7,11,17H,8-10,12-13H2,(H,20,21). The smallest absolute Gasteiger partial charge is 0.220 e. The molecule has 1 aromatic heterocycles. The van der Waals surface area contributed by atoms with Crippen molar-refractivity contribution in [1.29, 1.82) is 0 Å². The molecule has 22 heavy (non-hydrogen) atoms. The van der Waals surface area contributed by atoms with E-state index in [0.29, 0.717) is 24.6 Å². The number of amides is 1. The summed E-state index contributed by atoms with van der Waals surface area (Å²) in [4.78, 5) is 16.3. The normalized spacial score (nSPS) is 16.8. The van der Waals surface area contributed by atoms with E-state index in [1.807, 2.05) is 30.0 Å². The summed E-state index contributed by atoms with van der Waals surface area (Å²) in [6.07, 6.45) is 4.09. The molecule has 0 bridgehead atoms. The second-order valence-corrected chi connectivity index (χ2v) is 6.74. The van der Waals surface area contributed by atoms with E-state index < -0.39 is 0 Å². The largest absolute Gasteiger partial charge is 0.355 e. The minimum atomic E-state index is 0.106. The number of hydrogen-bond donors (Lipinski definition) is 1. The first kappa shape index (κ1) is 15.1. The maximum Gasteiger partial charge on any atom is 0.220 e. The van der Waals surface area contributed by atoms with Gasteiger partial charge >= 0.3 is 0 Å². The Balaban J connectivity index is 1.50. The molecule has 1 aliphatic rings. The molecule has 0 spiro atoms. The van der Waals surface area contributed by atoms with Gasteiger partial charge in [0.15, 0.2) is 0 Å². The van der Waals surface area contributed by atoms with Crippen LogP contribution in [-0.2, 0) is 17.6 Å². The van der Waals surface area contributed by atoms with Crippen LogP contribution in [0.15, 0.2) is 48.7 Å². The van der Waals surface area contributed by atoms with E-state index in [-0.39, 0.29) is 5.91 Å². The SMILES string of the molecule is O=C(CCc1ccccn1)NCC1SCCc2ccccc21. The first-order chi connectivity index (χ1) is 10.8. The molecule has 0 radical (unpaired) electrons. The highest BCUT2D eigenvalue weighted by Crippen LogP contribution is 2.35. The van der Waals surface area contributed by atoms with Gasteiger partial charge in [-0.2, -0.15) is 11.8 Å². The van der Waals surface area contributed by atoms with Crippen molar-refractivity contribution < 1.29 is 4.79 Å². The molecular weight excluding hydrogens is 292 g/mol. The summed E-state index contributed by atoms with van der Waals surface area (Å²) < 4.78 is 0. The Bertz CT molecular complexity index is 630. The van der Waals surface area contributed by atoms with E-state index in [4.69, 9.17) is 0 Å². The van der Waals surface area contributed by atoms with Gasteiger partial charge in [-0.25, -0.2) is 0 Å². The number of nitrogens with zero attached hydrogens (tertiary/aromatic N) is 1. The summed E-state index contributed by atoms with van der Waals surface area (Å²) in [7, 11) is 0. The monoisotopic (exact) mass is 312 g/mol. The lowest BCUT2D eigenvalue weighted by atomic mass is 10.0. The van der Waals surface area contributed by atoms with Gasteiger partial charge in [-0.05, 0) is 41.9 Å². The molecule has 4 heteroatoms. The van der Waals surface area contributed by atoms with Gasteiger partial charge in [0.25, 0.3) is 0 Å². The Morgan fingerprint density at radius 2 is 2.09 bits per heavy atom. The summed E-state index contributed by atoms with van der Waals surface area (Å²) in [6.45, 7) is 0.711. The number of rotatable bonds is 5. The van der Waals surface area contributed by atoms with Crippen LogP contribution in [-0.4, -0.2) is 23.2 Å². The molecule has 114 valence electrons. The molecule has 2 heterocycles. The highest BCUT2D eigenvalue weighted by atomic mass is 32.2. The molecular formula is C18H20N2OS. The van der Waals surface area contributed by atoms with Crippen LogP contribution in [0.25, 0.3) is 0 Å². The minimum absolute atomic E-state index is 0.106. The zero-order chi connectivity index (χ0) is 15.2. The number of fused-ring (bicyclic) bond motifs is 1. The van der Waals surface area contributed by atoms with Crippen molar-refractivity contribution in [2.75, 3.05) is 12.3 Å². The van der Waals surface area contributed by atoms with Gasteiger partial charge in [-0.3, -0.25) is 9.78 Å². The summed E-state index contributed by atoms with van der Waals surface area (Å²) in [5.74, 6) is 1.24. The molecule has 0 saturated carbocycles. The minimum Gasteiger partial charge on any atom is -0.355 e. The Hall–Kier alpha value is -1.81. The van der Waals surface area contributed by atoms with Gasteiger partial charge in [0.2, 0.25) is 5.91 Å². The first-order valence-electron chi connectivity index (χ1n) is 7.69. The van der Waals surface area contributed by atoms with E-state index in [1.165, 1.54) is 11.1 Å². The van der Waals surface area contributed by atoms with E-state index >= 15 is 0 Å². The van der Waals surface area contributed by atoms with Crippen LogP contribution >= 0.6 is 11.8 Å². The molecule has 1 atom stereocenters. The van der Waals surface area contributed by atoms with Crippen molar-refractivity contribution in [2.24, 2.45) is 0 Å². The second kappa shape index (κ2) is 7.45. The van der Waals surface area contributed by atoms with Gasteiger partial charge < -0.3 is 5.32 Å². The molecule has 0 fully saturated rings. The van der Waals surface area contributed by atoms with E-state index in [0.717, 1.165) is 17.9 Å². The van der Waals surface area contributed by atoms with Crippen molar-refractivity contribution in [2.45, 2.75) is 24.5 Å². The quantitative estimate of drug-likeness (QED) is 0.922. The average Bonchev–Trinajstić information content (AvgIpc) is 2.59.